The van der Waals surface area contributed by atoms with Gasteiger partial charge >= 0.3 is 6.03 Å². The molecule has 0 saturated carbocycles. The normalized spacial score (nSPS) is 14.6. The summed E-state index contributed by atoms with van der Waals surface area (Å²) in [7, 11) is 0. The number of nitriles is 1. The molecule has 0 atom stereocenters. The summed E-state index contributed by atoms with van der Waals surface area (Å²) in [5.41, 5.74) is 1.92. The molecular weight excluding hydrogens is 646 g/mol. The van der Waals surface area contributed by atoms with Gasteiger partial charge in [-0.05, 0) is 86.0 Å². The predicted molar refractivity (Wildman–Crippen MR) is 140 cm³/mol. The lowest BCUT2D eigenvalue weighted by atomic mass is 10.1. The Morgan fingerprint density at radius 1 is 0.971 bits per heavy atom. The lowest BCUT2D eigenvalue weighted by Gasteiger charge is -2.26. The molecule has 35 heavy (non-hydrogen) atoms. The topological polar surface area (TPSA) is 99.5 Å². The van der Waals surface area contributed by atoms with E-state index in [4.69, 9.17) is 4.74 Å². The number of benzene rings is 3. The van der Waals surface area contributed by atoms with E-state index in [0.29, 0.717) is 31.5 Å². The second-order valence-electron chi connectivity index (χ2n) is 7.31. The summed E-state index contributed by atoms with van der Waals surface area (Å²) in [5, 5.41) is 11.5. The highest BCUT2D eigenvalue weighted by atomic mass is 79.9. The molecule has 3 aromatic rings. The molecule has 4 rings (SSSR count). The SMILES string of the molecule is N#Cc1ccccc1COc1c(Br)cc(C=C2C(=O)NC(=O)N(c3ccc(Br)cc3)C2=O)cc1Br. The molecule has 1 aliphatic rings. The monoisotopic (exact) mass is 657 g/mol. The smallest absolute Gasteiger partial charge is 0.335 e. The Morgan fingerprint density at radius 3 is 2.29 bits per heavy atom. The molecule has 4 amide bonds. The number of anilines is 1. The van der Waals surface area contributed by atoms with Gasteiger partial charge in [0.2, 0.25) is 0 Å². The van der Waals surface area contributed by atoms with Gasteiger partial charge in [-0.1, -0.05) is 34.1 Å². The minimum absolute atomic E-state index is 0.173. The van der Waals surface area contributed by atoms with Crippen molar-refractivity contribution in [2.24, 2.45) is 0 Å². The number of rotatable bonds is 5. The van der Waals surface area contributed by atoms with Crippen LogP contribution < -0.4 is 15.0 Å². The molecule has 1 saturated heterocycles. The van der Waals surface area contributed by atoms with Crippen molar-refractivity contribution in [3.8, 4) is 11.8 Å². The van der Waals surface area contributed by atoms with Gasteiger partial charge in [0.1, 0.15) is 17.9 Å². The number of nitrogens with one attached hydrogen (secondary N) is 1. The van der Waals surface area contributed by atoms with E-state index >= 15 is 0 Å². The second kappa shape index (κ2) is 10.6. The van der Waals surface area contributed by atoms with Crippen LogP contribution in [0.4, 0.5) is 10.5 Å². The molecule has 7 nitrogen and oxygen atoms in total. The molecule has 0 radical (unpaired) electrons. The summed E-state index contributed by atoms with van der Waals surface area (Å²) >= 11 is 10.2. The number of barbiturate groups is 1. The zero-order chi connectivity index (χ0) is 25.1. The molecule has 10 heteroatoms. The minimum Gasteiger partial charge on any atom is -0.486 e. The van der Waals surface area contributed by atoms with Gasteiger partial charge in [0.25, 0.3) is 11.8 Å². The molecule has 0 aromatic heterocycles. The summed E-state index contributed by atoms with van der Waals surface area (Å²) in [6.07, 6.45) is 1.40. The molecule has 0 bridgehead atoms. The fraction of sp³-hybridized carbons (Fsp3) is 0.0400. The summed E-state index contributed by atoms with van der Waals surface area (Å²) < 4.78 is 7.83. The van der Waals surface area contributed by atoms with Crippen LogP contribution >= 0.6 is 47.8 Å². The van der Waals surface area contributed by atoms with Crippen molar-refractivity contribution in [3.05, 3.63) is 96.3 Å². The molecular formula is C25H14Br3N3O4. The number of ether oxygens (including phenoxy) is 1. The van der Waals surface area contributed by atoms with E-state index in [1.807, 2.05) is 12.1 Å². The highest BCUT2D eigenvalue weighted by Crippen LogP contribution is 2.36. The van der Waals surface area contributed by atoms with Crippen molar-refractivity contribution in [2.45, 2.75) is 6.61 Å². The van der Waals surface area contributed by atoms with Gasteiger partial charge in [-0.3, -0.25) is 14.9 Å². The van der Waals surface area contributed by atoms with Gasteiger partial charge in [-0.25, -0.2) is 9.69 Å². The van der Waals surface area contributed by atoms with Gasteiger partial charge in [0.05, 0.1) is 26.3 Å². The third-order valence-corrected chi connectivity index (χ3v) is 6.73. The highest BCUT2D eigenvalue weighted by Gasteiger charge is 2.36. The first-order valence-electron chi connectivity index (χ1n) is 10.1. The van der Waals surface area contributed by atoms with Gasteiger partial charge in [0.15, 0.2) is 0 Å². The molecule has 0 aliphatic carbocycles. The van der Waals surface area contributed by atoms with Crippen molar-refractivity contribution in [2.75, 3.05) is 4.90 Å². The number of amides is 4. The number of hydrogen-bond acceptors (Lipinski definition) is 5. The van der Waals surface area contributed by atoms with Crippen molar-refractivity contribution < 1.29 is 19.1 Å². The van der Waals surface area contributed by atoms with Crippen LogP contribution in [-0.2, 0) is 16.2 Å². The van der Waals surface area contributed by atoms with Crippen LogP contribution in [0.25, 0.3) is 6.08 Å². The van der Waals surface area contributed by atoms with Crippen molar-refractivity contribution in [3.63, 3.8) is 0 Å². The Morgan fingerprint density at radius 2 is 1.63 bits per heavy atom. The zero-order valence-electron chi connectivity index (χ0n) is 17.7. The molecule has 0 spiro atoms. The molecule has 0 unspecified atom stereocenters. The Balaban J connectivity index is 1.61. The van der Waals surface area contributed by atoms with E-state index in [0.717, 1.165) is 14.9 Å². The summed E-state index contributed by atoms with van der Waals surface area (Å²) in [6, 6.07) is 18.4. The number of carbonyl (C=O) groups is 3. The van der Waals surface area contributed by atoms with Crippen LogP contribution in [0.1, 0.15) is 16.7 Å². The highest BCUT2D eigenvalue weighted by molar-refractivity contribution is 9.11. The zero-order valence-corrected chi connectivity index (χ0v) is 22.5. The van der Waals surface area contributed by atoms with Gasteiger partial charge in [0, 0.05) is 10.0 Å². The molecule has 3 aromatic carbocycles. The first kappa shape index (κ1) is 24.9. The summed E-state index contributed by atoms with van der Waals surface area (Å²) in [4.78, 5) is 38.8. The maximum Gasteiger partial charge on any atom is 0.335 e. The average molecular weight is 660 g/mol. The maximum absolute atomic E-state index is 13.1. The fourth-order valence-corrected chi connectivity index (χ4v) is 5.07. The van der Waals surface area contributed by atoms with Crippen LogP contribution in [0.2, 0.25) is 0 Å². The molecule has 1 heterocycles. The van der Waals surface area contributed by atoms with Crippen molar-refractivity contribution in [1.29, 1.82) is 5.26 Å². The van der Waals surface area contributed by atoms with E-state index < -0.39 is 17.8 Å². The van der Waals surface area contributed by atoms with Crippen LogP contribution in [0.15, 0.2) is 79.7 Å². The van der Waals surface area contributed by atoms with Crippen molar-refractivity contribution >= 4 is 77.4 Å². The van der Waals surface area contributed by atoms with E-state index in [9.17, 15) is 19.6 Å². The standard InChI is InChI=1S/C25H14Br3N3O4/c26-17-5-7-18(8-6-17)31-24(33)19(23(32)30-25(31)34)9-14-10-20(27)22(21(28)11-14)35-13-16-4-2-1-3-15(16)12-29/h1-11H,13H2,(H,30,32,34). The lowest BCUT2D eigenvalue weighted by molar-refractivity contribution is -0.122. The number of hydrogen-bond donors (Lipinski definition) is 1. The number of urea groups is 1. The number of nitrogens with zero attached hydrogens (tertiary/aromatic N) is 2. The molecule has 1 fully saturated rings. The number of carbonyl (C=O) groups excluding carboxylic acids is 3. The average Bonchev–Trinajstić information content (AvgIpc) is 2.82. The van der Waals surface area contributed by atoms with E-state index in [1.165, 1.54) is 6.08 Å². The molecule has 1 aliphatic heterocycles. The Kier molecular flexibility index (Phi) is 7.50. The van der Waals surface area contributed by atoms with Crippen LogP contribution in [0.3, 0.4) is 0 Å². The molecule has 174 valence electrons. The van der Waals surface area contributed by atoms with E-state index in [2.05, 4.69) is 59.2 Å². The predicted octanol–water partition coefficient (Wildman–Crippen LogP) is 6.09. The first-order chi connectivity index (χ1) is 16.8. The third kappa shape index (κ3) is 5.37. The Labute approximate surface area is 225 Å². The van der Waals surface area contributed by atoms with Crippen molar-refractivity contribution in [1.82, 2.24) is 5.32 Å². The van der Waals surface area contributed by atoms with Crippen LogP contribution in [0.5, 0.6) is 5.75 Å². The Hall–Kier alpha value is -3.26. The lowest BCUT2D eigenvalue weighted by Crippen LogP contribution is -2.54. The largest absolute Gasteiger partial charge is 0.486 e. The second-order valence-corrected chi connectivity index (χ2v) is 9.93. The maximum atomic E-state index is 13.1. The summed E-state index contributed by atoms with van der Waals surface area (Å²) in [6.45, 7) is 0.173. The Bertz CT molecular complexity index is 1410. The van der Waals surface area contributed by atoms with Gasteiger partial charge < -0.3 is 4.74 Å². The summed E-state index contributed by atoms with van der Waals surface area (Å²) in [5.74, 6) is -1.03. The molecule has 1 N–H and O–H groups in total. The third-order valence-electron chi connectivity index (χ3n) is 5.03. The first-order valence-corrected chi connectivity index (χ1v) is 12.4. The van der Waals surface area contributed by atoms with Crippen LogP contribution in [-0.4, -0.2) is 17.8 Å². The van der Waals surface area contributed by atoms with Gasteiger partial charge in [-0.2, -0.15) is 5.26 Å². The van der Waals surface area contributed by atoms with E-state index in [1.54, 1.807) is 48.5 Å². The van der Waals surface area contributed by atoms with Gasteiger partial charge in [-0.15, -0.1) is 0 Å². The minimum atomic E-state index is -0.816. The number of imide groups is 2. The van der Waals surface area contributed by atoms with Crippen LogP contribution in [0, 0.1) is 11.3 Å². The quantitative estimate of drug-likeness (QED) is 0.264. The number of halogens is 3. The fourth-order valence-electron chi connectivity index (χ4n) is 3.35. The van der Waals surface area contributed by atoms with E-state index in [-0.39, 0.29) is 12.2 Å².